The van der Waals surface area contributed by atoms with E-state index in [2.05, 4.69) is 17.1 Å². The van der Waals surface area contributed by atoms with Crippen molar-refractivity contribution in [1.29, 1.82) is 0 Å². The molecule has 0 spiro atoms. The van der Waals surface area contributed by atoms with E-state index in [0.29, 0.717) is 18.3 Å². The Morgan fingerprint density at radius 1 is 1.38 bits per heavy atom. The van der Waals surface area contributed by atoms with Crippen molar-refractivity contribution >= 4 is 0 Å². The Morgan fingerprint density at radius 3 is 2.69 bits per heavy atom. The maximum atomic E-state index is 5.90. The van der Waals surface area contributed by atoms with Crippen LogP contribution in [0.2, 0.25) is 0 Å². The van der Waals surface area contributed by atoms with Gasteiger partial charge in [-0.15, -0.1) is 0 Å². The quantitative estimate of drug-likeness (QED) is 0.774. The third-order valence-corrected chi connectivity index (χ3v) is 2.40. The predicted octanol–water partition coefficient (Wildman–Crippen LogP) is 2.36. The second kappa shape index (κ2) is 6.60. The van der Waals surface area contributed by atoms with Crippen LogP contribution in [0.5, 0.6) is 0 Å². The number of rotatable bonds is 7. The predicted molar refractivity (Wildman–Crippen MR) is 60.8 cm³/mol. The van der Waals surface area contributed by atoms with Gasteiger partial charge in [0.05, 0.1) is 6.04 Å². The molecule has 0 radical (unpaired) electrons. The lowest BCUT2D eigenvalue weighted by Gasteiger charge is -2.09. The zero-order valence-corrected chi connectivity index (χ0v) is 10.3. The molecule has 1 aromatic rings. The highest BCUT2D eigenvalue weighted by Gasteiger charge is 2.19. The molecule has 5 nitrogen and oxygen atoms in total. The molecule has 1 aromatic heterocycles. The molecule has 92 valence electrons. The molecule has 0 aliphatic rings. The molecule has 0 aliphatic carbocycles. The summed E-state index contributed by atoms with van der Waals surface area (Å²) in [6, 6.07) is -0.162. The van der Waals surface area contributed by atoms with Crippen molar-refractivity contribution in [2.75, 3.05) is 6.61 Å². The number of nitrogens with two attached hydrogens (primary N) is 1. The van der Waals surface area contributed by atoms with Gasteiger partial charge in [0.2, 0.25) is 11.7 Å². The Morgan fingerprint density at radius 2 is 2.12 bits per heavy atom. The van der Waals surface area contributed by atoms with Crippen LogP contribution < -0.4 is 5.73 Å². The maximum Gasteiger partial charge on any atom is 0.243 e. The lowest BCUT2D eigenvalue weighted by atomic mass is 10.2. The van der Waals surface area contributed by atoms with Gasteiger partial charge in [0.25, 0.3) is 0 Å². The van der Waals surface area contributed by atoms with Gasteiger partial charge in [0.15, 0.2) is 0 Å². The molecule has 0 amide bonds. The van der Waals surface area contributed by atoms with Crippen LogP contribution in [0.3, 0.4) is 0 Å². The number of hydrogen-bond acceptors (Lipinski definition) is 5. The first kappa shape index (κ1) is 13.1. The molecule has 0 aromatic carbocycles. The molecule has 1 heterocycles. The minimum Gasteiger partial charge on any atom is -0.370 e. The van der Waals surface area contributed by atoms with Gasteiger partial charge in [-0.2, -0.15) is 4.98 Å². The Kier molecular flexibility index (Phi) is 5.42. The Labute approximate surface area is 96.4 Å². The van der Waals surface area contributed by atoms with Gasteiger partial charge in [-0.25, -0.2) is 0 Å². The van der Waals surface area contributed by atoms with Gasteiger partial charge in [0.1, 0.15) is 6.10 Å². The van der Waals surface area contributed by atoms with E-state index in [1.54, 1.807) is 0 Å². The lowest BCUT2D eigenvalue weighted by molar-refractivity contribution is 0.0518. The number of hydrogen-bond donors (Lipinski definition) is 1. The second-order valence-corrected chi connectivity index (χ2v) is 3.74. The second-order valence-electron chi connectivity index (χ2n) is 3.74. The van der Waals surface area contributed by atoms with E-state index in [1.165, 1.54) is 0 Å². The van der Waals surface area contributed by atoms with Crippen LogP contribution in [-0.4, -0.2) is 16.7 Å². The number of ether oxygens (including phenoxy) is 1. The molecule has 2 N–H and O–H groups in total. The molecule has 0 fully saturated rings. The van der Waals surface area contributed by atoms with E-state index in [0.717, 1.165) is 19.3 Å². The highest BCUT2D eigenvalue weighted by molar-refractivity contribution is 4.94. The first-order valence-corrected chi connectivity index (χ1v) is 5.93. The zero-order chi connectivity index (χ0) is 12.0. The first-order valence-electron chi connectivity index (χ1n) is 5.93. The van der Waals surface area contributed by atoms with Crippen LogP contribution in [0.4, 0.5) is 0 Å². The molecule has 5 heteroatoms. The van der Waals surface area contributed by atoms with Crippen LogP contribution in [-0.2, 0) is 4.74 Å². The van der Waals surface area contributed by atoms with Gasteiger partial charge in [-0.3, -0.25) is 0 Å². The summed E-state index contributed by atoms with van der Waals surface area (Å²) in [4.78, 5) is 4.29. The third-order valence-electron chi connectivity index (χ3n) is 2.40. The number of nitrogens with zero attached hydrogens (tertiary/aromatic N) is 2. The average Bonchev–Trinajstić information content (AvgIpc) is 2.75. The molecular weight excluding hydrogens is 206 g/mol. The smallest absolute Gasteiger partial charge is 0.243 e. The van der Waals surface area contributed by atoms with Crippen LogP contribution in [0.25, 0.3) is 0 Å². The topological polar surface area (TPSA) is 74.2 Å². The Bertz CT molecular complexity index is 301. The van der Waals surface area contributed by atoms with Crippen molar-refractivity contribution in [2.24, 2.45) is 5.73 Å². The van der Waals surface area contributed by atoms with E-state index < -0.39 is 0 Å². The van der Waals surface area contributed by atoms with E-state index in [1.807, 2.05) is 13.8 Å². The zero-order valence-electron chi connectivity index (χ0n) is 10.3. The summed E-state index contributed by atoms with van der Waals surface area (Å²) in [5, 5.41) is 3.92. The number of aromatic nitrogens is 2. The summed E-state index contributed by atoms with van der Waals surface area (Å²) in [7, 11) is 0. The van der Waals surface area contributed by atoms with E-state index in [-0.39, 0.29) is 12.1 Å². The summed E-state index contributed by atoms with van der Waals surface area (Å²) in [6.45, 7) is 6.70. The van der Waals surface area contributed by atoms with Crippen LogP contribution in [0, 0.1) is 0 Å². The molecular formula is C11H21N3O2. The fourth-order valence-corrected chi connectivity index (χ4v) is 1.54. The largest absolute Gasteiger partial charge is 0.370 e. The summed E-state index contributed by atoms with van der Waals surface area (Å²) >= 11 is 0. The Balaban J connectivity index is 2.68. The minimum atomic E-state index is -0.162. The fourth-order valence-electron chi connectivity index (χ4n) is 1.54. The lowest BCUT2D eigenvalue weighted by Crippen LogP contribution is -2.11. The van der Waals surface area contributed by atoms with Crippen molar-refractivity contribution in [3.05, 3.63) is 11.7 Å². The average molecular weight is 227 g/mol. The summed E-state index contributed by atoms with van der Waals surface area (Å²) in [6.07, 6.45) is 2.60. The SMILES string of the molecule is CCC[C@@H](N)c1nc(C(CC)OCC)no1. The summed E-state index contributed by atoms with van der Waals surface area (Å²) < 4.78 is 10.6. The molecule has 1 unspecified atom stereocenters. The molecule has 0 aliphatic heterocycles. The van der Waals surface area contributed by atoms with E-state index in [9.17, 15) is 0 Å². The highest BCUT2D eigenvalue weighted by atomic mass is 16.5. The molecule has 1 rings (SSSR count). The molecule has 0 saturated heterocycles. The minimum absolute atomic E-state index is 0.0867. The molecule has 2 atom stereocenters. The van der Waals surface area contributed by atoms with Gasteiger partial charge in [-0.1, -0.05) is 25.4 Å². The van der Waals surface area contributed by atoms with Crippen molar-refractivity contribution in [3.63, 3.8) is 0 Å². The highest BCUT2D eigenvalue weighted by Crippen LogP contribution is 2.20. The van der Waals surface area contributed by atoms with Crippen molar-refractivity contribution in [3.8, 4) is 0 Å². The maximum absolute atomic E-state index is 5.90. The summed E-state index contributed by atoms with van der Waals surface area (Å²) in [5.41, 5.74) is 5.90. The van der Waals surface area contributed by atoms with E-state index >= 15 is 0 Å². The Hall–Kier alpha value is -0.940. The van der Waals surface area contributed by atoms with Crippen molar-refractivity contribution < 1.29 is 9.26 Å². The first-order chi connectivity index (χ1) is 7.72. The molecule has 16 heavy (non-hydrogen) atoms. The molecule has 0 saturated carbocycles. The van der Waals surface area contributed by atoms with Gasteiger partial charge in [0, 0.05) is 6.61 Å². The monoisotopic (exact) mass is 227 g/mol. The normalized spacial score (nSPS) is 15.0. The third kappa shape index (κ3) is 3.28. The van der Waals surface area contributed by atoms with E-state index in [4.69, 9.17) is 15.0 Å². The van der Waals surface area contributed by atoms with Gasteiger partial charge < -0.3 is 15.0 Å². The van der Waals surface area contributed by atoms with Crippen LogP contribution in [0.1, 0.15) is 63.9 Å². The van der Waals surface area contributed by atoms with Gasteiger partial charge in [-0.05, 0) is 19.8 Å². The van der Waals surface area contributed by atoms with Crippen LogP contribution in [0.15, 0.2) is 4.52 Å². The van der Waals surface area contributed by atoms with Crippen LogP contribution >= 0.6 is 0 Å². The summed E-state index contributed by atoms with van der Waals surface area (Å²) in [5.74, 6) is 1.11. The molecule has 0 bridgehead atoms. The fraction of sp³-hybridized carbons (Fsp3) is 0.818. The van der Waals surface area contributed by atoms with Crippen molar-refractivity contribution in [2.45, 2.75) is 52.2 Å². The van der Waals surface area contributed by atoms with Crippen molar-refractivity contribution in [1.82, 2.24) is 10.1 Å². The standard InChI is InChI=1S/C11H21N3O2/c1-4-7-8(12)11-13-10(14-16-11)9(5-2)15-6-3/h8-9H,4-7,12H2,1-3H3/t8-,9?/m1/s1. The van der Waals surface area contributed by atoms with Gasteiger partial charge >= 0.3 is 0 Å².